The molecule has 0 saturated heterocycles. The number of hydrogen-bond acceptors (Lipinski definition) is 5. The van der Waals surface area contributed by atoms with Crippen LogP contribution in [0.25, 0.3) is 0 Å². The Balaban J connectivity index is 1.46. The first-order valence-corrected chi connectivity index (χ1v) is 8.97. The molecule has 0 saturated carbocycles. The van der Waals surface area contributed by atoms with Gasteiger partial charge in [0.2, 0.25) is 0 Å². The van der Waals surface area contributed by atoms with Gasteiger partial charge in [-0.1, -0.05) is 18.2 Å². The Hall–Kier alpha value is -3.67. The molecule has 6 nitrogen and oxygen atoms in total. The summed E-state index contributed by atoms with van der Waals surface area (Å²) in [4.78, 5) is 30.5. The summed E-state index contributed by atoms with van der Waals surface area (Å²) in [5.74, 6) is 0.187. The molecule has 0 spiro atoms. The summed E-state index contributed by atoms with van der Waals surface area (Å²) in [6.45, 7) is 0.685. The van der Waals surface area contributed by atoms with Gasteiger partial charge >= 0.3 is 5.97 Å². The number of nitrogens with zero attached hydrogens (tertiary/aromatic N) is 2. The molecule has 4 rings (SSSR count). The lowest BCUT2D eigenvalue weighted by atomic mass is 10.2. The number of hydrogen-bond donors (Lipinski definition) is 1. The summed E-state index contributed by atoms with van der Waals surface area (Å²) >= 11 is 0. The lowest BCUT2D eigenvalue weighted by Gasteiger charge is -2.17. The van der Waals surface area contributed by atoms with Crippen LogP contribution in [0.4, 0.5) is 17.2 Å². The molecule has 1 N–H and O–H groups in total. The topological polar surface area (TPSA) is 71.5 Å². The third kappa shape index (κ3) is 3.44. The van der Waals surface area contributed by atoms with Crippen LogP contribution in [0, 0.1) is 0 Å². The number of methoxy groups -OCH3 is 1. The van der Waals surface area contributed by atoms with E-state index >= 15 is 0 Å². The minimum atomic E-state index is -0.379. The largest absolute Gasteiger partial charge is 0.465 e. The van der Waals surface area contributed by atoms with E-state index in [1.165, 1.54) is 12.7 Å². The first kappa shape index (κ1) is 17.7. The molecular formula is C22H19N3O3. The molecule has 0 radical (unpaired) electrons. The molecular weight excluding hydrogens is 354 g/mol. The zero-order valence-corrected chi connectivity index (χ0v) is 15.4. The third-order valence-electron chi connectivity index (χ3n) is 4.72. The molecule has 0 unspecified atom stereocenters. The van der Waals surface area contributed by atoms with Crippen LogP contribution in [0.5, 0.6) is 0 Å². The first-order valence-electron chi connectivity index (χ1n) is 8.97. The maximum Gasteiger partial charge on any atom is 0.337 e. The van der Waals surface area contributed by atoms with E-state index in [1.807, 2.05) is 18.2 Å². The molecule has 0 atom stereocenters. The fourth-order valence-electron chi connectivity index (χ4n) is 3.25. The molecule has 6 heteroatoms. The Labute approximate surface area is 162 Å². The Morgan fingerprint density at radius 3 is 2.46 bits per heavy atom. The molecule has 2 heterocycles. The lowest BCUT2D eigenvalue weighted by Crippen LogP contribution is -2.28. The lowest BCUT2D eigenvalue weighted by molar-refractivity contribution is 0.0600. The normalized spacial score (nSPS) is 12.4. The second kappa shape index (κ2) is 7.52. The Morgan fingerprint density at radius 2 is 1.75 bits per heavy atom. The fraction of sp³-hybridized carbons (Fsp3) is 0.136. The van der Waals surface area contributed by atoms with Gasteiger partial charge in [-0.3, -0.25) is 4.79 Å². The smallest absolute Gasteiger partial charge is 0.337 e. The van der Waals surface area contributed by atoms with Crippen LogP contribution in [0.1, 0.15) is 26.3 Å². The van der Waals surface area contributed by atoms with Gasteiger partial charge in [-0.2, -0.15) is 0 Å². The standard InChI is InChI=1S/C22H19N3O3/c1-28-22(27)16-6-9-18(10-7-16)24-20-11-8-17(14-23-20)21(26)25-13-12-15-4-2-3-5-19(15)25/h2-11,14H,12-13H2,1H3,(H,23,24). The van der Waals surface area contributed by atoms with Crippen molar-refractivity contribution in [3.63, 3.8) is 0 Å². The number of esters is 1. The fourth-order valence-corrected chi connectivity index (χ4v) is 3.25. The van der Waals surface area contributed by atoms with Gasteiger partial charge < -0.3 is 15.0 Å². The molecule has 28 heavy (non-hydrogen) atoms. The molecule has 1 aliphatic heterocycles. The minimum Gasteiger partial charge on any atom is -0.465 e. The van der Waals surface area contributed by atoms with E-state index < -0.39 is 0 Å². The number of rotatable bonds is 4. The quantitative estimate of drug-likeness (QED) is 0.704. The van der Waals surface area contributed by atoms with Gasteiger partial charge in [-0.05, 0) is 54.4 Å². The van der Waals surface area contributed by atoms with Crippen molar-refractivity contribution in [3.8, 4) is 0 Å². The first-order chi connectivity index (χ1) is 13.7. The summed E-state index contributed by atoms with van der Waals surface area (Å²) in [5, 5.41) is 3.15. The third-order valence-corrected chi connectivity index (χ3v) is 4.72. The monoisotopic (exact) mass is 373 g/mol. The highest BCUT2D eigenvalue weighted by atomic mass is 16.5. The van der Waals surface area contributed by atoms with Crippen molar-refractivity contribution in [2.75, 3.05) is 23.9 Å². The van der Waals surface area contributed by atoms with Crippen molar-refractivity contribution in [1.29, 1.82) is 0 Å². The van der Waals surface area contributed by atoms with Crippen molar-refractivity contribution in [3.05, 3.63) is 83.6 Å². The number of benzene rings is 2. The number of anilines is 3. The number of carbonyl (C=O) groups excluding carboxylic acids is 2. The van der Waals surface area contributed by atoms with E-state index in [2.05, 4.69) is 21.1 Å². The predicted molar refractivity (Wildman–Crippen MR) is 107 cm³/mol. The number of pyridine rings is 1. The Morgan fingerprint density at radius 1 is 1.00 bits per heavy atom. The van der Waals surface area contributed by atoms with E-state index in [1.54, 1.807) is 47.5 Å². The van der Waals surface area contributed by atoms with Crippen LogP contribution >= 0.6 is 0 Å². The number of fused-ring (bicyclic) bond motifs is 1. The average molecular weight is 373 g/mol. The second-order valence-corrected chi connectivity index (χ2v) is 6.46. The van der Waals surface area contributed by atoms with E-state index in [9.17, 15) is 9.59 Å². The van der Waals surface area contributed by atoms with Crippen molar-refractivity contribution in [2.24, 2.45) is 0 Å². The number of amides is 1. The molecule has 1 aliphatic rings. The Kier molecular flexibility index (Phi) is 4.76. The summed E-state index contributed by atoms with van der Waals surface area (Å²) in [6.07, 6.45) is 2.45. The molecule has 1 amide bonds. The number of carbonyl (C=O) groups is 2. The van der Waals surface area contributed by atoms with Crippen LogP contribution in [0.3, 0.4) is 0 Å². The highest BCUT2D eigenvalue weighted by molar-refractivity contribution is 6.07. The van der Waals surface area contributed by atoms with Gasteiger partial charge in [0.1, 0.15) is 5.82 Å². The Bertz CT molecular complexity index is 1010. The summed E-state index contributed by atoms with van der Waals surface area (Å²) in [5.41, 5.74) is 3.97. The summed E-state index contributed by atoms with van der Waals surface area (Å²) < 4.78 is 4.69. The molecule has 0 fully saturated rings. The maximum atomic E-state index is 12.8. The van der Waals surface area contributed by atoms with Gasteiger partial charge in [0.15, 0.2) is 0 Å². The molecule has 1 aromatic heterocycles. The van der Waals surface area contributed by atoms with Crippen LogP contribution in [0.15, 0.2) is 66.9 Å². The SMILES string of the molecule is COC(=O)c1ccc(Nc2ccc(C(=O)N3CCc4ccccc43)cn2)cc1. The number of nitrogens with one attached hydrogen (secondary N) is 1. The molecule has 140 valence electrons. The maximum absolute atomic E-state index is 12.8. The van der Waals surface area contributed by atoms with Gasteiger partial charge in [-0.25, -0.2) is 9.78 Å². The highest BCUT2D eigenvalue weighted by Gasteiger charge is 2.25. The van der Waals surface area contributed by atoms with Crippen LogP contribution in [-0.4, -0.2) is 30.5 Å². The van der Waals surface area contributed by atoms with Gasteiger partial charge in [0.25, 0.3) is 5.91 Å². The number of para-hydroxylation sites is 1. The van der Waals surface area contributed by atoms with Crippen LogP contribution in [-0.2, 0) is 11.2 Å². The number of aromatic nitrogens is 1. The van der Waals surface area contributed by atoms with Crippen LogP contribution in [0.2, 0.25) is 0 Å². The molecule has 3 aromatic rings. The average Bonchev–Trinajstić information content (AvgIpc) is 3.18. The zero-order chi connectivity index (χ0) is 19.5. The molecule has 2 aromatic carbocycles. The van der Waals surface area contributed by atoms with E-state index in [-0.39, 0.29) is 11.9 Å². The van der Waals surface area contributed by atoms with Gasteiger partial charge in [0.05, 0.1) is 18.2 Å². The van der Waals surface area contributed by atoms with Crippen molar-refractivity contribution < 1.29 is 14.3 Å². The predicted octanol–water partition coefficient (Wildman–Crippen LogP) is 3.81. The summed E-state index contributed by atoms with van der Waals surface area (Å²) in [6, 6.07) is 18.4. The van der Waals surface area contributed by atoms with Crippen LogP contribution < -0.4 is 10.2 Å². The minimum absolute atomic E-state index is 0.0496. The van der Waals surface area contributed by atoms with E-state index in [4.69, 9.17) is 0 Å². The van der Waals surface area contributed by atoms with E-state index in [0.29, 0.717) is 23.5 Å². The van der Waals surface area contributed by atoms with Gasteiger partial charge in [0, 0.05) is 24.1 Å². The zero-order valence-electron chi connectivity index (χ0n) is 15.4. The number of ether oxygens (including phenoxy) is 1. The highest BCUT2D eigenvalue weighted by Crippen LogP contribution is 2.29. The summed E-state index contributed by atoms with van der Waals surface area (Å²) in [7, 11) is 1.35. The van der Waals surface area contributed by atoms with E-state index in [0.717, 1.165) is 17.8 Å². The second-order valence-electron chi connectivity index (χ2n) is 6.46. The molecule has 0 aliphatic carbocycles. The molecule has 0 bridgehead atoms. The van der Waals surface area contributed by atoms with Gasteiger partial charge in [-0.15, -0.1) is 0 Å². The van der Waals surface area contributed by atoms with Crippen molar-refractivity contribution in [1.82, 2.24) is 4.98 Å². The van der Waals surface area contributed by atoms with Crippen molar-refractivity contribution >= 4 is 29.1 Å². The van der Waals surface area contributed by atoms with Crippen molar-refractivity contribution in [2.45, 2.75) is 6.42 Å².